The van der Waals surface area contributed by atoms with Crippen molar-refractivity contribution >= 4 is 54.1 Å². The Hall–Kier alpha value is -9.67. The summed E-state index contributed by atoms with van der Waals surface area (Å²) in [6, 6.07) is 80.3. The number of rotatable bonds is 7. The minimum absolute atomic E-state index is 0.341. The van der Waals surface area contributed by atoms with Gasteiger partial charge in [0.25, 0.3) is 0 Å². The van der Waals surface area contributed by atoms with Crippen LogP contribution >= 0.6 is 21.2 Å². The molecule has 0 spiro atoms. The quantitative estimate of drug-likeness (QED) is 0.119. The zero-order valence-corrected chi connectivity index (χ0v) is 46.4. The first-order chi connectivity index (χ1) is 39.0. The average molecular weight is 1170 g/mol. The average Bonchev–Trinajstić information content (AvgIpc) is 4.12. The number of halogens is 1. The van der Waals surface area contributed by atoms with Crippen LogP contribution in [-0.4, -0.2) is 56.9 Å². The molecule has 2 bridgehead atoms. The lowest BCUT2D eigenvalue weighted by Gasteiger charge is -2.50. The fraction of sp³-hybridized carbons (Fsp3) is 0.0909. The van der Waals surface area contributed by atoms with E-state index in [0.29, 0.717) is 11.4 Å². The normalized spacial score (nSPS) is 14.2. The summed E-state index contributed by atoms with van der Waals surface area (Å²) in [6.07, 6.45) is 0. The summed E-state index contributed by atoms with van der Waals surface area (Å²) in [5.74, 6) is 0. The van der Waals surface area contributed by atoms with Crippen molar-refractivity contribution in [1.82, 2.24) is 28.7 Å². The second-order valence-corrected chi connectivity index (χ2v) is 21.3. The second kappa shape index (κ2) is 22.4. The molecule has 4 heterocycles. The number of aromatic amines is 2. The Kier molecular flexibility index (Phi) is 14.6. The van der Waals surface area contributed by atoms with Crippen molar-refractivity contribution < 1.29 is 3.07 Å². The molecule has 1 aliphatic carbocycles. The van der Waals surface area contributed by atoms with Crippen LogP contribution in [-0.2, 0) is 8.61 Å². The minimum atomic E-state index is -0.964. The first-order valence-corrected chi connectivity index (χ1v) is 27.9. The molecule has 0 unspecified atom stereocenters. The van der Waals surface area contributed by atoms with Gasteiger partial charge in [-0.2, -0.15) is 0 Å². The van der Waals surface area contributed by atoms with Crippen LogP contribution in [0.3, 0.4) is 0 Å². The minimum Gasteiger partial charge on any atom is -0.378 e. The molecule has 12 aromatic rings. The van der Waals surface area contributed by atoms with Gasteiger partial charge in [0.05, 0.1) is 11.4 Å². The molecular weight excluding hydrogens is 1110 g/mol. The van der Waals surface area contributed by atoms with Crippen LogP contribution < -0.4 is 32.6 Å². The van der Waals surface area contributed by atoms with Crippen molar-refractivity contribution in [3.8, 4) is 22.5 Å². The van der Waals surface area contributed by atoms with E-state index in [1.807, 2.05) is 159 Å². The summed E-state index contributed by atoms with van der Waals surface area (Å²) in [7, 11) is 7.76. The maximum absolute atomic E-state index is 14.3. The highest BCUT2D eigenvalue weighted by atomic mass is 127. The largest absolute Gasteiger partial charge is 0.378 e. The molecule has 0 amide bonds. The van der Waals surface area contributed by atoms with Crippen LogP contribution in [0.2, 0.25) is 0 Å². The highest BCUT2D eigenvalue weighted by Gasteiger charge is 2.55. The van der Waals surface area contributed by atoms with E-state index in [2.05, 4.69) is 119 Å². The van der Waals surface area contributed by atoms with E-state index in [1.54, 1.807) is 21.5 Å². The molecular formula is C66H55IN8O5. The molecule has 15 rings (SSSR count). The zero-order chi connectivity index (χ0) is 55.5. The highest BCUT2D eigenvalue weighted by molar-refractivity contribution is 14.1. The van der Waals surface area contributed by atoms with Gasteiger partial charge in [-0.1, -0.05) is 176 Å². The molecule has 396 valence electrons. The van der Waals surface area contributed by atoms with Gasteiger partial charge in [0, 0.05) is 43.1 Å². The van der Waals surface area contributed by atoms with E-state index in [4.69, 9.17) is 0 Å². The molecule has 2 N–H and O–H groups in total. The number of nitrogens with one attached hydrogen (secondary N) is 2. The first-order valence-electron chi connectivity index (χ1n) is 26.0. The maximum atomic E-state index is 14.3. The van der Waals surface area contributed by atoms with Gasteiger partial charge in [-0.25, -0.2) is 47.9 Å². The summed E-state index contributed by atoms with van der Waals surface area (Å²) in [4.78, 5) is 55.0. The highest BCUT2D eigenvalue weighted by Crippen LogP contribution is 2.54. The molecule has 0 saturated heterocycles. The van der Waals surface area contributed by atoms with Crippen molar-refractivity contribution in [2.45, 2.75) is 11.6 Å². The second-order valence-electron chi connectivity index (χ2n) is 19.7. The van der Waals surface area contributed by atoms with E-state index in [0.717, 1.165) is 47.3 Å². The van der Waals surface area contributed by atoms with Crippen molar-refractivity contribution in [2.75, 3.05) is 38.0 Å². The van der Waals surface area contributed by atoms with E-state index in [-0.39, 0.29) is 17.4 Å². The molecule has 0 fully saturated rings. The Morgan fingerprint density at radius 1 is 0.450 bits per heavy atom. The monoisotopic (exact) mass is 1170 g/mol. The molecule has 80 heavy (non-hydrogen) atoms. The van der Waals surface area contributed by atoms with Gasteiger partial charge < -0.3 is 9.80 Å². The number of fused-ring (bicyclic) bond motifs is 2. The van der Waals surface area contributed by atoms with Gasteiger partial charge in [0.2, 0.25) is 0 Å². The maximum Gasteiger partial charge on any atom is 0.353 e. The molecule has 2 aliphatic heterocycles. The van der Waals surface area contributed by atoms with Crippen molar-refractivity contribution in [3.05, 3.63) is 316 Å². The lowest BCUT2D eigenvalue weighted by atomic mass is 9.66. The Balaban J connectivity index is 0.000000129. The van der Waals surface area contributed by atoms with Gasteiger partial charge in [-0.05, 0) is 127 Å². The molecule has 0 atom stereocenters. The van der Waals surface area contributed by atoms with Crippen molar-refractivity contribution in [3.63, 3.8) is 0 Å². The number of hydrogen-bond acceptors (Lipinski definition) is 7. The summed E-state index contributed by atoms with van der Waals surface area (Å²) < 4.78 is 16.9. The predicted octanol–water partition coefficient (Wildman–Crippen LogP) is 11.7. The van der Waals surface area contributed by atoms with Crippen LogP contribution in [0.1, 0.15) is 33.9 Å². The summed E-state index contributed by atoms with van der Waals surface area (Å²) >= 11 is -0.941. The van der Waals surface area contributed by atoms with Gasteiger partial charge in [0.1, 0.15) is 11.6 Å². The molecule has 10 aromatic carbocycles. The number of benzene rings is 10. The first kappa shape index (κ1) is 52.4. The number of nitrogens with zero attached hydrogens (tertiary/aromatic N) is 6. The van der Waals surface area contributed by atoms with E-state index in [1.165, 1.54) is 37.2 Å². The molecule has 0 saturated carbocycles. The fourth-order valence-electron chi connectivity index (χ4n) is 11.0. The van der Waals surface area contributed by atoms with Gasteiger partial charge in [-0.15, -0.1) is 0 Å². The lowest BCUT2D eigenvalue weighted by molar-refractivity contribution is 0.282. The van der Waals surface area contributed by atoms with Crippen molar-refractivity contribution in [2.24, 2.45) is 0 Å². The lowest BCUT2D eigenvalue weighted by Crippen LogP contribution is -2.56. The van der Waals surface area contributed by atoms with Crippen molar-refractivity contribution in [1.29, 1.82) is 0 Å². The molecule has 0 radical (unpaired) electrons. The van der Waals surface area contributed by atoms with Gasteiger partial charge in [-0.3, -0.25) is 3.07 Å². The van der Waals surface area contributed by atoms with Crippen LogP contribution in [0, 0.1) is 3.57 Å². The molecule has 2 aromatic heterocycles. The third-order valence-electron chi connectivity index (χ3n) is 14.6. The van der Waals surface area contributed by atoms with Crippen LogP contribution in [0.5, 0.6) is 0 Å². The third-order valence-corrected chi connectivity index (χ3v) is 15.8. The predicted molar refractivity (Wildman–Crippen MR) is 329 cm³/mol. The fourth-order valence-corrected chi connectivity index (χ4v) is 11.7. The topological polar surface area (TPSA) is 143 Å². The van der Waals surface area contributed by atoms with E-state index >= 15 is 0 Å². The standard InChI is InChI=1S/C30H24N4O2.C20H14.C10H12N4O2.C6H5IO/c1-31(2)21-16-18-22(19-17-21)32-28(35)33-27-23-12-6-8-14-25(23)30(34(33)29(32)36,20-10-4-3-5-11-20)26-15-9-7-13-24(26)27;1-2-8-15(9-3-1)20-18-12-6-4-10-16(18)14-17-11-5-7-13-19(17)20;1-13(2)7-3-5-8(6-4-7)14-9(15)11-12-10(14)16;8-7-6-4-2-1-3-5-6/h3-19,27H,1-2H3;1-14H;3-6H,1-2H3,(H,11,15)(H,12,16);1-5H. The van der Waals surface area contributed by atoms with E-state index in [9.17, 15) is 22.2 Å². The van der Waals surface area contributed by atoms with E-state index < -0.39 is 38.1 Å². The molecule has 3 aliphatic rings. The smallest absolute Gasteiger partial charge is 0.353 e. The Bertz CT molecular complexity index is 4300. The Morgan fingerprint density at radius 2 is 0.875 bits per heavy atom. The van der Waals surface area contributed by atoms with Crippen LogP contribution in [0.4, 0.5) is 11.4 Å². The number of H-pyrrole nitrogens is 2. The number of hydrogen-bond donors (Lipinski definition) is 2. The Labute approximate surface area is 471 Å². The SMILES string of the molecule is CN(C)c1ccc(-n2c(=O)[nH][nH]c2=O)cc1.CN(C)c1ccc(-n2c(=O)n3n(c2=O)C2(c4ccccc4)c4ccccc4C3c3ccccc32)cc1.O=Ic1ccccc1.c1ccc(-c2c3ccccc3cc3ccccc23)cc1. The third kappa shape index (κ3) is 9.42. The molecule has 14 heteroatoms. The zero-order valence-electron chi connectivity index (χ0n) is 44.3. The van der Waals surface area contributed by atoms with Crippen LogP contribution in [0.15, 0.2) is 262 Å². The molecule has 13 nitrogen and oxygen atoms in total. The summed E-state index contributed by atoms with van der Waals surface area (Å²) in [5.41, 5.74) is 8.20. The Morgan fingerprint density at radius 3 is 1.35 bits per heavy atom. The number of anilines is 2. The summed E-state index contributed by atoms with van der Waals surface area (Å²) in [5, 5.41) is 9.69. The van der Waals surface area contributed by atoms with Gasteiger partial charge >= 0.3 is 22.8 Å². The number of aromatic nitrogens is 6. The summed E-state index contributed by atoms with van der Waals surface area (Å²) in [6.45, 7) is 0. The van der Waals surface area contributed by atoms with Crippen LogP contribution in [0.25, 0.3) is 44.0 Å². The van der Waals surface area contributed by atoms with Gasteiger partial charge in [0.15, 0.2) is 21.2 Å².